The molecular weight excluding hydrogens is 248 g/mol. The molecule has 1 saturated heterocycles. The minimum absolute atomic E-state index is 0.498. The summed E-state index contributed by atoms with van der Waals surface area (Å²) in [4.78, 5) is 9.73. The van der Waals surface area contributed by atoms with E-state index < -0.39 is 0 Å². The summed E-state index contributed by atoms with van der Waals surface area (Å²) in [5.74, 6) is 1.13. The number of piperazine rings is 1. The van der Waals surface area contributed by atoms with Gasteiger partial charge >= 0.3 is 0 Å². The number of anilines is 1. The zero-order valence-electron chi connectivity index (χ0n) is 13.1. The van der Waals surface area contributed by atoms with Gasteiger partial charge in [0.25, 0.3) is 0 Å². The Kier molecular flexibility index (Phi) is 5.80. The van der Waals surface area contributed by atoms with Crippen LogP contribution in [0.1, 0.15) is 32.9 Å². The number of hydrogen-bond donors (Lipinski definition) is 1. The summed E-state index contributed by atoms with van der Waals surface area (Å²) in [6.07, 6.45) is 1.24. The van der Waals surface area contributed by atoms with Gasteiger partial charge in [-0.1, -0.05) is 26.8 Å². The van der Waals surface area contributed by atoms with E-state index in [0.717, 1.165) is 44.2 Å². The molecule has 0 atom stereocenters. The van der Waals surface area contributed by atoms with Gasteiger partial charge in [0.15, 0.2) is 0 Å². The Morgan fingerprint density at radius 3 is 2.60 bits per heavy atom. The van der Waals surface area contributed by atoms with E-state index in [1.807, 2.05) is 0 Å². The highest BCUT2D eigenvalue weighted by molar-refractivity contribution is 5.39. The van der Waals surface area contributed by atoms with Gasteiger partial charge in [0, 0.05) is 38.8 Å². The van der Waals surface area contributed by atoms with Crippen molar-refractivity contribution in [2.75, 3.05) is 37.6 Å². The van der Waals surface area contributed by atoms with Gasteiger partial charge in [-0.15, -0.1) is 0 Å². The second kappa shape index (κ2) is 7.60. The fourth-order valence-electron chi connectivity index (χ4n) is 2.57. The van der Waals surface area contributed by atoms with Crippen molar-refractivity contribution in [3.05, 3.63) is 23.9 Å². The predicted molar refractivity (Wildman–Crippen MR) is 85.2 cm³/mol. The fraction of sp³-hybridized carbons (Fsp3) is 0.688. The van der Waals surface area contributed by atoms with Gasteiger partial charge in [-0.05, 0) is 25.1 Å². The molecule has 1 aliphatic rings. The molecule has 1 aromatic rings. The highest BCUT2D eigenvalue weighted by Crippen LogP contribution is 2.14. The summed E-state index contributed by atoms with van der Waals surface area (Å²) in [6, 6.07) is 6.86. The van der Waals surface area contributed by atoms with Crippen molar-refractivity contribution in [1.29, 1.82) is 0 Å². The maximum atomic E-state index is 4.78. The molecule has 1 N–H and O–H groups in total. The topological polar surface area (TPSA) is 31.4 Å². The highest BCUT2D eigenvalue weighted by Gasteiger charge is 2.17. The second-order valence-corrected chi connectivity index (χ2v) is 5.85. The average Bonchev–Trinajstić information content (AvgIpc) is 2.47. The Bertz CT molecular complexity index is 397. The zero-order chi connectivity index (χ0) is 14.4. The number of nitrogens with zero attached hydrogens (tertiary/aromatic N) is 3. The van der Waals surface area contributed by atoms with Gasteiger partial charge in [-0.25, -0.2) is 4.98 Å². The molecule has 0 amide bonds. The maximum Gasteiger partial charge on any atom is 0.128 e. The van der Waals surface area contributed by atoms with E-state index in [2.05, 4.69) is 54.1 Å². The Labute approximate surface area is 123 Å². The third-order valence-corrected chi connectivity index (χ3v) is 3.72. The molecule has 112 valence electrons. The van der Waals surface area contributed by atoms with Crippen LogP contribution in [0.15, 0.2) is 18.2 Å². The molecule has 0 aromatic carbocycles. The molecule has 2 rings (SSSR count). The number of nitrogens with one attached hydrogen (secondary N) is 1. The van der Waals surface area contributed by atoms with E-state index >= 15 is 0 Å². The molecule has 0 saturated carbocycles. The first-order valence-electron chi connectivity index (χ1n) is 7.85. The molecule has 4 heteroatoms. The number of rotatable bonds is 6. The van der Waals surface area contributed by atoms with Crippen molar-refractivity contribution in [3.63, 3.8) is 0 Å². The lowest BCUT2D eigenvalue weighted by Gasteiger charge is -2.35. The first kappa shape index (κ1) is 15.3. The third kappa shape index (κ3) is 4.46. The van der Waals surface area contributed by atoms with Crippen LogP contribution in [0.4, 0.5) is 5.82 Å². The molecule has 2 heterocycles. The molecule has 1 aliphatic heterocycles. The van der Waals surface area contributed by atoms with Crippen LogP contribution in [0.2, 0.25) is 0 Å². The summed E-state index contributed by atoms with van der Waals surface area (Å²) in [5, 5.41) is 3.43. The number of pyridine rings is 1. The highest BCUT2D eigenvalue weighted by atomic mass is 15.3. The molecule has 20 heavy (non-hydrogen) atoms. The standard InChI is InChI=1S/C16H28N4/c1-4-8-19-9-11-20(12-10-19)16-7-5-6-15(18-16)13-17-14(2)3/h5-7,14,17H,4,8-13H2,1-3H3. The predicted octanol–water partition coefficient (Wildman–Crippen LogP) is 2.11. The minimum atomic E-state index is 0.498. The lowest BCUT2D eigenvalue weighted by atomic mass is 10.2. The van der Waals surface area contributed by atoms with E-state index in [1.165, 1.54) is 13.0 Å². The van der Waals surface area contributed by atoms with Crippen LogP contribution in [-0.2, 0) is 6.54 Å². The smallest absolute Gasteiger partial charge is 0.128 e. The Balaban J connectivity index is 1.91. The number of hydrogen-bond acceptors (Lipinski definition) is 4. The van der Waals surface area contributed by atoms with E-state index in [9.17, 15) is 0 Å². The quantitative estimate of drug-likeness (QED) is 0.862. The van der Waals surface area contributed by atoms with Crippen molar-refractivity contribution in [3.8, 4) is 0 Å². The van der Waals surface area contributed by atoms with Crippen LogP contribution >= 0.6 is 0 Å². The third-order valence-electron chi connectivity index (χ3n) is 3.72. The monoisotopic (exact) mass is 276 g/mol. The Morgan fingerprint density at radius 1 is 1.20 bits per heavy atom. The van der Waals surface area contributed by atoms with Gasteiger partial charge in [0.1, 0.15) is 5.82 Å². The van der Waals surface area contributed by atoms with E-state index in [1.54, 1.807) is 0 Å². The first-order valence-corrected chi connectivity index (χ1v) is 7.85. The molecule has 0 unspecified atom stereocenters. The second-order valence-electron chi connectivity index (χ2n) is 5.85. The van der Waals surface area contributed by atoms with Gasteiger partial charge in [0.05, 0.1) is 5.69 Å². The van der Waals surface area contributed by atoms with Crippen molar-refractivity contribution >= 4 is 5.82 Å². The first-order chi connectivity index (χ1) is 9.69. The molecule has 0 aliphatic carbocycles. The van der Waals surface area contributed by atoms with Crippen molar-refractivity contribution < 1.29 is 0 Å². The maximum absolute atomic E-state index is 4.78. The van der Waals surface area contributed by atoms with Crippen LogP contribution in [0.3, 0.4) is 0 Å². The molecule has 0 bridgehead atoms. The largest absolute Gasteiger partial charge is 0.354 e. The van der Waals surface area contributed by atoms with E-state index in [-0.39, 0.29) is 0 Å². The summed E-state index contributed by atoms with van der Waals surface area (Å²) in [5.41, 5.74) is 1.13. The van der Waals surface area contributed by atoms with Crippen LogP contribution in [0, 0.1) is 0 Å². The van der Waals surface area contributed by atoms with Gasteiger partial charge < -0.3 is 10.2 Å². The summed E-state index contributed by atoms with van der Waals surface area (Å²) < 4.78 is 0. The van der Waals surface area contributed by atoms with Crippen molar-refractivity contribution in [2.45, 2.75) is 39.8 Å². The molecule has 1 fully saturated rings. The normalized spacial score (nSPS) is 16.9. The van der Waals surface area contributed by atoms with E-state index in [0.29, 0.717) is 6.04 Å². The Morgan fingerprint density at radius 2 is 1.95 bits per heavy atom. The summed E-state index contributed by atoms with van der Waals surface area (Å²) in [7, 11) is 0. The van der Waals surface area contributed by atoms with Crippen LogP contribution < -0.4 is 10.2 Å². The lowest BCUT2D eigenvalue weighted by molar-refractivity contribution is 0.258. The molecule has 0 spiro atoms. The molecule has 0 radical (unpaired) electrons. The Hall–Kier alpha value is -1.13. The SMILES string of the molecule is CCCN1CCN(c2cccc(CNC(C)C)n2)CC1. The average molecular weight is 276 g/mol. The summed E-state index contributed by atoms with van der Waals surface area (Å²) >= 11 is 0. The van der Waals surface area contributed by atoms with Gasteiger partial charge in [-0.2, -0.15) is 0 Å². The van der Waals surface area contributed by atoms with Crippen LogP contribution in [0.25, 0.3) is 0 Å². The van der Waals surface area contributed by atoms with Crippen LogP contribution in [-0.4, -0.2) is 48.6 Å². The van der Waals surface area contributed by atoms with Crippen molar-refractivity contribution in [2.24, 2.45) is 0 Å². The molecular formula is C16H28N4. The van der Waals surface area contributed by atoms with Gasteiger partial charge in [-0.3, -0.25) is 4.90 Å². The molecule has 1 aromatic heterocycles. The zero-order valence-corrected chi connectivity index (χ0v) is 13.1. The lowest BCUT2D eigenvalue weighted by Crippen LogP contribution is -2.46. The van der Waals surface area contributed by atoms with Crippen molar-refractivity contribution in [1.82, 2.24) is 15.2 Å². The van der Waals surface area contributed by atoms with Gasteiger partial charge in [0.2, 0.25) is 0 Å². The fourth-order valence-corrected chi connectivity index (χ4v) is 2.57. The van der Waals surface area contributed by atoms with E-state index in [4.69, 9.17) is 4.98 Å². The summed E-state index contributed by atoms with van der Waals surface area (Å²) in [6.45, 7) is 13.1. The van der Waals surface area contributed by atoms with Crippen LogP contribution in [0.5, 0.6) is 0 Å². The molecule has 4 nitrogen and oxygen atoms in total. The minimum Gasteiger partial charge on any atom is -0.354 e. The number of aromatic nitrogens is 1.